The SMILES string of the molecule is CC(Nc1cncc(NN)n1)c1nccs1. The van der Waals surface area contributed by atoms with E-state index >= 15 is 0 Å². The summed E-state index contributed by atoms with van der Waals surface area (Å²) in [6, 6.07) is 0.0994. The summed E-state index contributed by atoms with van der Waals surface area (Å²) in [5.41, 5.74) is 2.45. The van der Waals surface area contributed by atoms with Gasteiger partial charge in [0.2, 0.25) is 0 Å². The highest BCUT2D eigenvalue weighted by Crippen LogP contribution is 2.19. The third-order valence-electron chi connectivity index (χ3n) is 1.97. The Balaban J connectivity index is 2.08. The Bertz CT molecular complexity index is 443. The molecule has 1 unspecified atom stereocenters. The molecule has 2 heterocycles. The predicted octanol–water partition coefficient (Wildman–Crippen LogP) is 1.39. The zero-order chi connectivity index (χ0) is 11.4. The average Bonchev–Trinajstić information content (AvgIpc) is 2.83. The van der Waals surface area contributed by atoms with Crippen LogP contribution in [-0.2, 0) is 0 Å². The summed E-state index contributed by atoms with van der Waals surface area (Å²) >= 11 is 1.60. The summed E-state index contributed by atoms with van der Waals surface area (Å²) in [6.07, 6.45) is 4.98. The van der Waals surface area contributed by atoms with Crippen molar-refractivity contribution in [1.82, 2.24) is 15.0 Å². The molecule has 2 rings (SSSR count). The third-order valence-corrected chi connectivity index (χ3v) is 2.93. The van der Waals surface area contributed by atoms with Gasteiger partial charge in [0, 0.05) is 11.6 Å². The Morgan fingerprint density at radius 3 is 2.88 bits per heavy atom. The van der Waals surface area contributed by atoms with Gasteiger partial charge in [-0.15, -0.1) is 11.3 Å². The van der Waals surface area contributed by atoms with Crippen LogP contribution in [0.4, 0.5) is 11.6 Å². The maximum absolute atomic E-state index is 5.25. The molecular weight excluding hydrogens is 224 g/mol. The lowest BCUT2D eigenvalue weighted by Gasteiger charge is -2.11. The molecule has 1 atom stereocenters. The minimum Gasteiger partial charge on any atom is -0.360 e. The highest BCUT2D eigenvalue weighted by molar-refractivity contribution is 7.09. The van der Waals surface area contributed by atoms with E-state index in [9.17, 15) is 0 Å². The first-order valence-corrected chi connectivity index (χ1v) is 5.62. The molecule has 0 bridgehead atoms. The number of nitrogens with zero attached hydrogens (tertiary/aromatic N) is 3. The molecule has 0 radical (unpaired) electrons. The van der Waals surface area contributed by atoms with E-state index in [1.807, 2.05) is 12.3 Å². The Kier molecular flexibility index (Phi) is 3.28. The van der Waals surface area contributed by atoms with Crippen LogP contribution in [0.2, 0.25) is 0 Å². The Labute approximate surface area is 96.9 Å². The van der Waals surface area contributed by atoms with Gasteiger partial charge in [0.05, 0.1) is 18.4 Å². The molecule has 2 aromatic rings. The molecule has 6 nitrogen and oxygen atoms in total. The summed E-state index contributed by atoms with van der Waals surface area (Å²) in [7, 11) is 0. The van der Waals surface area contributed by atoms with Crippen molar-refractivity contribution in [3.8, 4) is 0 Å². The number of nitrogens with one attached hydrogen (secondary N) is 2. The van der Waals surface area contributed by atoms with Gasteiger partial charge in [-0.1, -0.05) is 0 Å². The van der Waals surface area contributed by atoms with Crippen molar-refractivity contribution in [2.45, 2.75) is 13.0 Å². The summed E-state index contributed by atoms with van der Waals surface area (Å²) in [5.74, 6) is 6.44. The summed E-state index contributed by atoms with van der Waals surface area (Å²) in [4.78, 5) is 12.4. The number of thiazole rings is 1. The van der Waals surface area contributed by atoms with Crippen molar-refractivity contribution in [2.75, 3.05) is 10.7 Å². The Morgan fingerprint density at radius 2 is 2.19 bits per heavy atom. The van der Waals surface area contributed by atoms with Crippen molar-refractivity contribution in [2.24, 2.45) is 5.84 Å². The number of rotatable bonds is 4. The van der Waals surface area contributed by atoms with Crippen LogP contribution in [0.3, 0.4) is 0 Å². The number of hydrogen-bond donors (Lipinski definition) is 3. The second-order valence-corrected chi connectivity index (χ2v) is 4.10. The zero-order valence-corrected chi connectivity index (χ0v) is 9.53. The maximum Gasteiger partial charge on any atom is 0.160 e. The van der Waals surface area contributed by atoms with Gasteiger partial charge in [-0.2, -0.15) is 0 Å². The number of anilines is 2. The van der Waals surface area contributed by atoms with Crippen LogP contribution in [0.5, 0.6) is 0 Å². The van der Waals surface area contributed by atoms with Crippen LogP contribution in [0.1, 0.15) is 18.0 Å². The second-order valence-electron chi connectivity index (χ2n) is 3.17. The molecule has 0 aliphatic carbocycles. The number of hydrazine groups is 1. The van der Waals surface area contributed by atoms with E-state index in [4.69, 9.17) is 5.84 Å². The lowest BCUT2D eigenvalue weighted by molar-refractivity contribution is 0.858. The molecular formula is C9H12N6S. The van der Waals surface area contributed by atoms with Gasteiger partial charge < -0.3 is 10.7 Å². The van der Waals surface area contributed by atoms with E-state index in [1.165, 1.54) is 0 Å². The molecule has 16 heavy (non-hydrogen) atoms. The molecule has 4 N–H and O–H groups in total. The molecule has 7 heteroatoms. The van der Waals surface area contributed by atoms with Crippen molar-refractivity contribution in [3.05, 3.63) is 29.0 Å². The maximum atomic E-state index is 5.25. The number of aromatic nitrogens is 3. The first kappa shape index (κ1) is 10.8. The van der Waals surface area contributed by atoms with Crippen molar-refractivity contribution < 1.29 is 0 Å². The fraction of sp³-hybridized carbons (Fsp3) is 0.222. The molecule has 0 saturated carbocycles. The van der Waals surface area contributed by atoms with Crippen LogP contribution < -0.4 is 16.6 Å². The van der Waals surface area contributed by atoms with E-state index < -0.39 is 0 Å². The van der Waals surface area contributed by atoms with Crippen LogP contribution in [0.25, 0.3) is 0 Å². The largest absolute Gasteiger partial charge is 0.360 e. The number of hydrogen-bond acceptors (Lipinski definition) is 7. The van der Waals surface area contributed by atoms with E-state index in [1.54, 1.807) is 29.9 Å². The highest BCUT2D eigenvalue weighted by atomic mass is 32.1. The Hall–Kier alpha value is -1.73. The van der Waals surface area contributed by atoms with Crippen LogP contribution in [-0.4, -0.2) is 15.0 Å². The summed E-state index contributed by atoms with van der Waals surface area (Å²) < 4.78 is 0. The Morgan fingerprint density at radius 1 is 1.38 bits per heavy atom. The molecule has 0 fully saturated rings. The van der Waals surface area contributed by atoms with Crippen LogP contribution >= 0.6 is 11.3 Å². The van der Waals surface area contributed by atoms with E-state index in [0.717, 1.165) is 5.01 Å². The van der Waals surface area contributed by atoms with Gasteiger partial charge in [0.25, 0.3) is 0 Å². The lowest BCUT2D eigenvalue weighted by Crippen LogP contribution is -2.12. The topological polar surface area (TPSA) is 88.8 Å². The monoisotopic (exact) mass is 236 g/mol. The number of nitrogen functional groups attached to an aromatic ring is 1. The minimum absolute atomic E-state index is 0.0994. The fourth-order valence-corrected chi connectivity index (χ4v) is 1.88. The van der Waals surface area contributed by atoms with Gasteiger partial charge in [0.1, 0.15) is 10.8 Å². The van der Waals surface area contributed by atoms with Crippen molar-refractivity contribution in [3.63, 3.8) is 0 Å². The normalized spacial score (nSPS) is 12.1. The van der Waals surface area contributed by atoms with Gasteiger partial charge in [-0.25, -0.2) is 15.8 Å². The molecule has 0 saturated heterocycles. The predicted molar refractivity (Wildman–Crippen MR) is 64.0 cm³/mol. The molecule has 2 aromatic heterocycles. The standard InChI is InChI=1S/C9H12N6S/c1-6(9-12-2-3-16-9)13-7-4-11-5-8(14-7)15-10/h2-6H,10H2,1H3,(H2,13,14,15). The quantitative estimate of drug-likeness (QED) is 0.549. The molecule has 0 amide bonds. The van der Waals surface area contributed by atoms with Gasteiger partial charge >= 0.3 is 0 Å². The van der Waals surface area contributed by atoms with Crippen molar-refractivity contribution in [1.29, 1.82) is 0 Å². The van der Waals surface area contributed by atoms with Crippen LogP contribution in [0.15, 0.2) is 24.0 Å². The highest BCUT2D eigenvalue weighted by Gasteiger charge is 2.08. The molecule has 0 aliphatic rings. The third kappa shape index (κ3) is 2.44. The molecule has 0 spiro atoms. The molecule has 84 valence electrons. The van der Waals surface area contributed by atoms with Crippen LogP contribution in [0, 0.1) is 0 Å². The molecule has 0 aliphatic heterocycles. The minimum atomic E-state index is 0.0994. The second kappa shape index (κ2) is 4.86. The first-order chi connectivity index (χ1) is 7.79. The summed E-state index contributed by atoms with van der Waals surface area (Å²) in [5, 5.41) is 6.15. The molecule has 0 aromatic carbocycles. The lowest BCUT2D eigenvalue weighted by atomic mass is 10.3. The van der Waals surface area contributed by atoms with Crippen molar-refractivity contribution >= 4 is 23.0 Å². The average molecular weight is 236 g/mol. The van der Waals surface area contributed by atoms with E-state index in [0.29, 0.717) is 11.6 Å². The zero-order valence-electron chi connectivity index (χ0n) is 8.71. The summed E-state index contributed by atoms with van der Waals surface area (Å²) in [6.45, 7) is 2.02. The van der Waals surface area contributed by atoms with E-state index in [2.05, 4.69) is 25.7 Å². The fourth-order valence-electron chi connectivity index (χ4n) is 1.24. The van der Waals surface area contributed by atoms with Gasteiger partial charge in [-0.05, 0) is 6.92 Å². The van der Waals surface area contributed by atoms with Gasteiger partial charge in [-0.3, -0.25) is 4.98 Å². The first-order valence-electron chi connectivity index (χ1n) is 4.74. The van der Waals surface area contributed by atoms with E-state index in [-0.39, 0.29) is 6.04 Å². The van der Waals surface area contributed by atoms with Gasteiger partial charge in [0.15, 0.2) is 5.82 Å². The smallest absolute Gasteiger partial charge is 0.160 e. The number of nitrogens with two attached hydrogens (primary N) is 1.